The lowest BCUT2D eigenvalue weighted by molar-refractivity contribution is 0.929. The molecule has 0 saturated carbocycles. The maximum Gasteiger partial charge on any atom is 0.192 e. The zero-order valence-electron chi connectivity index (χ0n) is 15.6. The monoisotopic (exact) mass is 374 g/mol. The van der Waals surface area contributed by atoms with Crippen molar-refractivity contribution in [2.45, 2.75) is 24.1 Å². The summed E-state index contributed by atoms with van der Waals surface area (Å²) < 4.78 is 2.06. The number of hydrogen-bond donors (Lipinski definition) is 0. The van der Waals surface area contributed by atoms with Gasteiger partial charge in [-0.3, -0.25) is 9.36 Å². The number of benzene rings is 1. The van der Waals surface area contributed by atoms with E-state index in [1.165, 1.54) is 0 Å². The molecule has 0 fully saturated rings. The maximum absolute atomic E-state index is 12.7. The van der Waals surface area contributed by atoms with Gasteiger partial charge >= 0.3 is 0 Å². The first kappa shape index (κ1) is 18.9. The van der Waals surface area contributed by atoms with Crippen LogP contribution < -0.4 is 5.43 Å². The van der Waals surface area contributed by atoms with Crippen molar-refractivity contribution in [1.82, 2.24) is 9.55 Å². The second-order valence-electron chi connectivity index (χ2n) is 6.21. The molecule has 2 aromatic heterocycles. The summed E-state index contributed by atoms with van der Waals surface area (Å²) >= 11 is 1.61. The van der Waals surface area contributed by atoms with E-state index in [2.05, 4.69) is 29.6 Å². The molecule has 3 aromatic rings. The van der Waals surface area contributed by atoms with Gasteiger partial charge in [0.25, 0.3) is 0 Å². The van der Waals surface area contributed by atoms with E-state index in [1.807, 2.05) is 61.5 Å². The average molecular weight is 375 g/mol. The van der Waals surface area contributed by atoms with E-state index < -0.39 is 0 Å². The first-order valence-electron chi connectivity index (χ1n) is 8.75. The SMILES string of the molecule is C=C/C=C(\C=C)C(C)Sc1cc(=O)c2ccc(C)nc2n1-c1ccccc1. The normalized spacial score (nSPS) is 12.7. The minimum atomic E-state index is -0.0211. The van der Waals surface area contributed by atoms with Crippen LogP contribution >= 0.6 is 11.8 Å². The molecule has 0 N–H and O–H groups in total. The molecule has 0 spiro atoms. The molecule has 0 aliphatic rings. The average Bonchev–Trinajstić information content (AvgIpc) is 2.66. The van der Waals surface area contributed by atoms with Crippen molar-refractivity contribution < 1.29 is 0 Å². The molecule has 27 heavy (non-hydrogen) atoms. The van der Waals surface area contributed by atoms with Crippen molar-refractivity contribution in [3.8, 4) is 5.69 Å². The quantitative estimate of drug-likeness (QED) is 0.424. The van der Waals surface area contributed by atoms with Crippen molar-refractivity contribution in [2.75, 3.05) is 0 Å². The van der Waals surface area contributed by atoms with Crippen molar-refractivity contribution >= 4 is 22.8 Å². The van der Waals surface area contributed by atoms with E-state index in [-0.39, 0.29) is 10.7 Å². The van der Waals surface area contributed by atoms with Crippen LogP contribution in [-0.2, 0) is 0 Å². The van der Waals surface area contributed by atoms with E-state index in [4.69, 9.17) is 0 Å². The van der Waals surface area contributed by atoms with Crippen molar-refractivity contribution in [2.24, 2.45) is 0 Å². The van der Waals surface area contributed by atoms with E-state index in [9.17, 15) is 4.79 Å². The smallest absolute Gasteiger partial charge is 0.192 e. The number of para-hydroxylation sites is 1. The standard InChI is InChI=1S/C23H22N2OS/c1-5-10-18(6-2)17(4)27-22-15-21(26)20-14-13-16(3)24-23(20)25(22)19-11-8-7-9-12-19/h5-15,17H,1-2H2,3-4H3/b18-10+. The third-order valence-corrected chi connectivity index (χ3v) is 5.46. The third kappa shape index (κ3) is 3.96. The Morgan fingerprint density at radius 2 is 1.93 bits per heavy atom. The number of allylic oxidation sites excluding steroid dienone is 3. The van der Waals surface area contributed by atoms with Crippen LogP contribution in [0.25, 0.3) is 16.7 Å². The van der Waals surface area contributed by atoms with Gasteiger partial charge in [-0.05, 0) is 43.7 Å². The molecule has 0 radical (unpaired) electrons. The number of fused-ring (bicyclic) bond motifs is 1. The highest BCUT2D eigenvalue weighted by Crippen LogP contribution is 2.31. The van der Waals surface area contributed by atoms with Crippen molar-refractivity contribution in [1.29, 1.82) is 0 Å². The fraction of sp³-hybridized carbons (Fsp3) is 0.130. The Hall–Kier alpha value is -2.85. The molecule has 1 unspecified atom stereocenters. The molecule has 1 atom stereocenters. The van der Waals surface area contributed by atoms with Gasteiger partial charge in [-0.25, -0.2) is 4.98 Å². The van der Waals surface area contributed by atoms with Crippen LogP contribution in [0.3, 0.4) is 0 Å². The van der Waals surface area contributed by atoms with E-state index in [1.54, 1.807) is 23.9 Å². The Morgan fingerprint density at radius 3 is 2.59 bits per heavy atom. The second kappa shape index (κ2) is 8.23. The number of hydrogen-bond acceptors (Lipinski definition) is 3. The first-order valence-corrected chi connectivity index (χ1v) is 9.63. The molecule has 0 aliphatic carbocycles. The Morgan fingerprint density at radius 1 is 1.19 bits per heavy atom. The number of nitrogens with zero attached hydrogens (tertiary/aromatic N) is 2. The summed E-state index contributed by atoms with van der Waals surface area (Å²) in [5.41, 5.74) is 3.56. The molecule has 3 nitrogen and oxygen atoms in total. The van der Waals surface area contributed by atoms with Gasteiger partial charge in [0.2, 0.25) is 0 Å². The van der Waals surface area contributed by atoms with Gasteiger partial charge in [0.1, 0.15) is 5.65 Å². The van der Waals surface area contributed by atoms with Gasteiger partial charge in [0.15, 0.2) is 5.43 Å². The lowest BCUT2D eigenvalue weighted by Crippen LogP contribution is -2.13. The van der Waals surface area contributed by atoms with Crippen LogP contribution in [0.2, 0.25) is 0 Å². The Balaban J connectivity index is 2.26. The highest BCUT2D eigenvalue weighted by molar-refractivity contribution is 8.00. The molecule has 0 saturated heterocycles. The Kier molecular flexibility index (Phi) is 5.77. The second-order valence-corrected chi connectivity index (χ2v) is 7.57. The topological polar surface area (TPSA) is 34.9 Å². The highest BCUT2D eigenvalue weighted by Gasteiger charge is 2.16. The molecule has 136 valence electrons. The summed E-state index contributed by atoms with van der Waals surface area (Å²) in [6, 6.07) is 15.4. The highest BCUT2D eigenvalue weighted by atomic mass is 32.2. The molecular weight excluding hydrogens is 352 g/mol. The van der Waals surface area contributed by atoms with Gasteiger partial charge in [-0.2, -0.15) is 0 Å². The summed E-state index contributed by atoms with van der Waals surface area (Å²) in [6.45, 7) is 11.7. The number of thioether (sulfide) groups is 1. The molecule has 2 heterocycles. The molecule has 0 aliphatic heterocycles. The van der Waals surface area contributed by atoms with E-state index >= 15 is 0 Å². The largest absolute Gasteiger partial charge is 0.289 e. The fourth-order valence-electron chi connectivity index (χ4n) is 2.93. The van der Waals surface area contributed by atoms with Crippen LogP contribution in [0.5, 0.6) is 0 Å². The number of rotatable bonds is 6. The number of pyridine rings is 2. The van der Waals surface area contributed by atoms with Gasteiger partial charge in [0.05, 0.1) is 10.4 Å². The predicted octanol–water partition coefficient (Wildman–Crippen LogP) is 5.47. The molecule has 0 amide bonds. The first-order chi connectivity index (χ1) is 13.0. The van der Waals surface area contributed by atoms with Gasteiger partial charge in [0, 0.05) is 22.7 Å². The molecule has 3 rings (SSSR count). The molecule has 1 aromatic carbocycles. The zero-order valence-corrected chi connectivity index (χ0v) is 16.4. The third-order valence-electron chi connectivity index (χ3n) is 4.29. The number of aromatic nitrogens is 2. The molecule has 0 bridgehead atoms. The minimum Gasteiger partial charge on any atom is -0.289 e. The van der Waals surface area contributed by atoms with Crippen LogP contribution in [-0.4, -0.2) is 14.8 Å². The zero-order chi connectivity index (χ0) is 19.4. The Bertz CT molecular complexity index is 1080. The van der Waals surface area contributed by atoms with Crippen LogP contribution in [0.15, 0.2) is 95.3 Å². The van der Waals surface area contributed by atoms with Crippen LogP contribution in [0.4, 0.5) is 0 Å². The van der Waals surface area contributed by atoms with Crippen molar-refractivity contribution in [3.05, 3.63) is 101 Å². The summed E-state index contributed by atoms with van der Waals surface area (Å²) in [7, 11) is 0. The molecule has 4 heteroatoms. The minimum absolute atomic E-state index is 0.0211. The summed E-state index contributed by atoms with van der Waals surface area (Å²) in [6.07, 6.45) is 5.52. The summed E-state index contributed by atoms with van der Waals surface area (Å²) in [5.74, 6) is 0. The Labute approximate surface area is 163 Å². The maximum atomic E-state index is 12.7. The molecular formula is C23H22N2OS. The van der Waals surface area contributed by atoms with Crippen molar-refractivity contribution in [3.63, 3.8) is 0 Å². The lowest BCUT2D eigenvalue weighted by Gasteiger charge is -2.19. The van der Waals surface area contributed by atoms with Crippen LogP contribution in [0, 0.1) is 6.92 Å². The van der Waals surface area contributed by atoms with Crippen LogP contribution in [0.1, 0.15) is 12.6 Å². The number of aryl methyl sites for hydroxylation is 1. The summed E-state index contributed by atoms with van der Waals surface area (Å²) in [4.78, 5) is 17.4. The summed E-state index contributed by atoms with van der Waals surface area (Å²) in [5, 5.41) is 1.57. The van der Waals surface area contributed by atoms with Gasteiger partial charge in [-0.15, -0.1) is 0 Å². The fourth-order valence-corrected chi connectivity index (χ4v) is 4.08. The predicted molar refractivity (Wildman–Crippen MR) is 116 cm³/mol. The van der Waals surface area contributed by atoms with Gasteiger partial charge in [-0.1, -0.05) is 61.3 Å². The van der Waals surface area contributed by atoms with E-state index in [0.29, 0.717) is 11.0 Å². The van der Waals surface area contributed by atoms with E-state index in [0.717, 1.165) is 22.0 Å². The lowest BCUT2D eigenvalue weighted by atomic mass is 10.2. The van der Waals surface area contributed by atoms with Gasteiger partial charge < -0.3 is 0 Å².